The first-order chi connectivity index (χ1) is 15.1. The molecule has 3 N–H and O–H groups in total. The third-order valence-corrected chi connectivity index (χ3v) is 4.95. The van der Waals surface area contributed by atoms with Crippen molar-refractivity contribution < 1.29 is 23.5 Å². The van der Waals surface area contributed by atoms with E-state index in [1.165, 1.54) is 19.2 Å². The molecule has 32 heavy (non-hydrogen) atoms. The van der Waals surface area contributed by atoms with Gasteiger partial charge in [0.05, 0.1) is 12.8 Å². The van der Waals surface area contributed by atoms with Gasteiger partial charge in [-0.1, -0.05) is 0 Å². The molecule has 0 saturated carbocycles. The summed E-state index contributed by atoms with van der Waals surface area (Å²) in [7, 11) is 1.51. The van der Waals surface area contributed by atoms with Crippen LogP contribution in [0.2, 0.25) is 0 Å². The Bertz CT molecular complexity index is 1030. The number of benzene rings is 2. The molecule has 7 nitrogen and oxygen atoms in total. The van der Waals surface area contributed by atoms with Crippen molar-refractivity contribution in [3.05, 3.63) is 47.8 Å². The molecule has 0 bridgehead atoms. The molecule has 2 aromatic carbocycles. The van der Waals surface area contributed by atoms with E-state index in [2.05, 4.69) is 16.0 Å². The summed E-state index contributed by atoms with van der Waals surface area (Å²) >= 11 is 5.36. The number of esters is 1. The monoisotopic (exact) mass is 459 g/mol. The van der Waals surface area contributed by atoms with Crippen LogP contribution in [-0.2, 0) is 20.7 Å². The number of nitrogens with one attached hydrogen (secondary N) is 3. The van der Waals surface area contributed by atoms with E-state index in [-0.39, 0.29) is 5.82 Å². The first-order valence-electron chi connectivity index (χ1n) is 10.1. The van der Waals surface area contributed by atoms with Gasteiger partial charge in [0.25, 0.3) is 0 Å². The van der Waals surface area contributed by atoms with Crippen molar-refractivity contribution in [2.75, 3.05) is 23.1 Å². The fourth-order valence-corrected chi connectivity index (χ4v) is 3.51. The standard InChI is InChI=1S/C23H26FN3O4S/c1-23(2,3)31-21(29)16-10-5-13-11-18(19(30-4)12-17(13)26-20(16)28)27-22(32)25-15-8-6-14(24)7-9-15/h6-9,11-12,16H,5,10H2,1-4H3,(H,26,28)(H2,25,27,32). The van der Waals surface area contributed by atoms with E-state index in [0.717, 1.165) is 5.56 Å². The predicted molar refractivity (Wildman–Crippen MR) is 126 cm³/mol. The van der Waals surface area contributed by atoms with Crippen LogP contribution in [0.5, 0.6) is 5.75 Å². The van der Waals surface area contributed by atoms with Crippen molar-refractivity contribution in [3.8, 4) is 5.75 Å². The van der Waals surface area contributed by atoms with E-state index in [1.807, 2.05) is 6.07 Å². The lowest BCUT2D eigenvalue weighted by Gasteiger charge is -2.22. The number of carbonyl (C=O) groups is 2. The summed E-state index contributed by atoms with van der Waals surface area (Å²) in [4.78, 5) is 25.2. The summed E-state index contributed by atoms with van der Waals surface area (Å²) in [6.45, 7) is 5.29. The predicted octanol–water partition coefficient (Wildman–Crippen LogP) is 4.49. The molecule has 9 heteroatoms. The molecule has 0 spiro atoms. The van der Waals surface area contributed by atoms with E-state index in [0.29, 0.717) is 40.8 Å². The van der Waals surface area contributed by atoms with E-state index in [1.54, 1.807) is 39.0 Å². The van der Waals surface area contributed by atoms with Crippen LogP contribution in [0.3, 0.4) is 0 Å². The molecule has 2 aromatic rings. The van der Waals surface area contributed by atoms with Crippen molar-refractivity contribution in [1.29, 1.82) is 0 Å². The van der Waals surface area contributed by atoms with Gasteiger partial charge in [0.1, 0.15) is 23.1 Å². The molecule has 170 valence electrons. The van der Waals surface area contributed by atoms with Crippen LogP contribution in [0.4, 0.5) is 21.5 Å². The first kappa shape index (κ1) is 23.5. The SMILES string of the molecule is COc1cc2c(cc1NC(=S)Nc1ccc(F)cc1)CCC(C(=O)OC(C)(C)C)C(=O)N2. The van der Waals surface area contributed by atoms with E-state index in [9.17, 15) is 14.0 Å². The highest BCUT2D eigenvalue weighted by molar-refractivity contribution is 7.80. The number of amides is 1. The molecule has 0 aliphatic carbocycles. The van der Waals surface area contributed by atoms with Gasteiger partial charge >= 0.3 is 5.97 Å². The Labute approximate surface area is 191 Å². The Kier molecular flexibility index (Phi) is 6.98. The van der Waals surface area contributed by atoms with Gasteiger partial charge < -0.3 is 25.4 Å². The molecule has 3 rings (SSSR count). The third kappa shape index (κ3) is 5.94. The van der Waals surface area contributed by atoms with Gasteiger partial charge in [-0.2, -0.15) is 0 Å². The lowest BCUT2D eigenvalue weighted by atomic mass is 9.99. The number of halogens is 1. The molecule has 0 saturated heterocycles. The summed E-state index contributed by atoms with van der Waals surface area (Å²) in [6, 6.07) is 9.32. The Morgan fingerprint density at radius 1 is 1.19 bits per heavy atom. The molecule has 0 radical (unpaired) electrons. The van der Waals surface area contributed by atoms with Crippen LogP contribution in [0.25, 0.3) is 0 Å². The van der Waals surface area contributed by atoms with Crippen molar-refractivity contribution in [2.45, 2.75) is 39.2 Å². The summed E-state index contributed by atoms with van der Waals surface area (Å²) < 4.78 is 24.0. The number of ether oxygens (including phenoxy) is 2. The Morgan fingerprint density at radius 3 is 2.50 bits per heavy atom. The maximum Gasteiger partial charge on any atom is 0.319 e. The molecular formula is C23H26FN3O4S. The molecule has 0 fully saturated rings. The van der Waals surface area contributed by atoms with Gasteiger partial charge in [-0.05, 0) is 81.7 Å². The molecular weight excluding hydrogens is 433 g/mol. The topological polar surface area (TPSA) is 88.7 Å². The normalized spacial score (nSPS) is 15.7. The summed E-state index contributed by atoms with van der Waals surface area (Å²) in [5.41, 5.74) is 1.95. The van der Waals surface area contributed by atoms with E-state index >= 15 is 0 Å². The number of rotatable bonds is 4. The Balaban J connectivity index is 1.77. The lowest BCUT2D eigenvalue weighted by Crippen LogP contribution is -2.35. The zero-order chi connectivity index (χ0) is 23.5. The van der Waals surface area contributed by atoms with Crippen LogP contribution < -0.4 is 20.7 Å². The lowest BCUT2D eigenvalue weighted by molar-refractivity contribution is -0.161. The van der Waals surface area contributed by atoms with Gasteiger partial charge in [0.2, 0.25) is 5.91 Å². The van der Waals surface area contributed by atoms with Crippen molar-refractivity contribution in [3.63, 3.8) is 0 Å². The molecule has 0 aromatic heterocycles. The van der Waals surface area contributed by atoms with E-state index < -0.39 is 23.4 Å². The number of hydrogen-bond acceptors (Lipinski definition) is 5. The molecule has 1 aliphatic rings. The van der Waals surface area contributed by atoms with Crippen LogP contribution in [-0.4, -0.2) is 29.7 Å². The fourth-order valence-electron chi connectivity index (χ4n) is 3.28. The van der Waals surface area contributed by atoms with Gasteiger partial charge in [0.15, 0.2) is 5.11 Å². The van der Waals surface area contributed by atoms with Crippen LogP contribution in [0.1, 0.15) is 32.8 Å². The number of thiocarbonyl (C=S) groups is 1. The van der Waals surface area contributed by atoms with Crippen LogP contribution in [0.15, 0.2) is 36.4 Å². The minimum atomic E-state index is -0.898. The fraction of sp³-hybridized carbons (Fsp3) is 0.348. The minimum Gasteiger partial charge on any atom is -0.494 e. The second-order valence-electron chi connectivity index (χ2n) is 8.41. The highest BCUT2D eigenvalue weighted by Crippen LogP contribution is 2.35. The quantitative estimate of drug-likeness (QED) is 0.353. The van der Waals surface area contributed by atoms with E-state index in [4.69, 9.17) is 21.7 Å². The van der Waals surface area contributed by atoms with Gasteiger partial charge in [-0.3, -0.25) is 9.59 Å². The molecule has 1 atom stereocenters. The maximum atomic E-state index is 13.1. The smallest absolute Gasteiger partial charge is 0.319 e. The first-order valence-corrected chi connectivity index (χ1v) is 10.5. The largest absolute Gasteiger partial charge is 0.494 e. The van der Waals surface area contributed by atoms with Crippen molar-refractivity contribution in [2.24, 2.45) is 5.92 Å². The molecule has 1 aliphatic heterocycles. The second kappa shape index (κ2) is 9.52. The number of hydrogen-bond donors (Lipinski definition) is 3. The second-order valence-corrected chi connectivity index (χ2v) is 8.82. The number of carbonyl (C=O) groups excluding carboxylic acids is 2. The highest BCUT2D eigenvalue weighted by atomic mass is 32.1. The number of aryl methyl sites for hydroxylation is 1. The zero-order valence-electron chi connectivity index (χ0n) is 18.4. The molecule has 1 heterocycles. The third-order valence-electron chi connectivity index (χ3n) is 4.74. The van der Waals surface area contributed by atoms with Crippen molar-refractivity contribution >= 4 is 46.3 Å². The summed E-state index contributed by atoms with van der Waals surface area (Å²) in [6.07, 6.45) is 0.798. The maximum absolute atomic E-state index is 13.1. The zero-order valence-corrected chi connectivity index (χ0v) is 19.2. The summed E-state index contributed by atoms with van der Waals surface area (Å²) in [5.74, 6) is -1.73. The average molecular weight is 460 g/mol. The number of fused-ring (bicyclic) bond motifs is 1. The minimum absolute atomic E-state index is 0.291. The van der Waals surface area contributed by atoms with Gasteiger partial charge in [0, 0.05) is 17.4 Å². The number of methoxy groups -OCH3 is 1. The van der Waals surface area contributed by atoms with Crippen LogP contribution >= 0.6 is 12.2 Å². The highest BCUT2D eigenvalue weighted by Gasteiger charge is 2.33. The average Bonchev–Trinajstić information content (AvgIpc) is 2.85. The Hall–Kier alpha value is -3.20. The summed E-state index contributed by atoms with van der Waals surface area (Å²) in [5, 5.41) is 9.15. The molecule has 1 amide bonds. The number of anilines is 3. The molecule has 1 unspecified atom stereocenters. The Morgan fingerprint density at radius 2 is 1.88 bits per heavy atom. The van der Waals surface area contributed by atoms with Crippen molar-refractivity contribution in [1.82, 2.24) is 0 Å². The van der Waals surface area contributed by atoms with Gasteiger partial charge in [-0.25, -0.2) is 4.39 Å². The van der Waals surface area contributed by atoms with Crippen LogP contribution in [0, 0.1) is 11.7 Å². The van der Waals surface area contributed by atoms with Gasteiger partial charge in [-0.15, -0.1) is 0 Å².